The fourth-order valence-corrected chi connectivity index (χ4v) is 5.60. The van der Waals surface area contributed by atoms with Crippen LogP contribution in [0.15, 0.2) is 34.8 Å². The molecule has 18 nitrogen and oxygen atoms in total. The van der Waals surface area contributed by atoms with Gasteiger partial charge in [0.05, 0.1) is 12.7 Å². The number of azide groups is 1. The van der Waals surface area contributed by atoms with Gasteiger partial charge in [-0.1, -0.05) is 11.7 Å². The number of hydrogen-bond donors (Lipinski definition) is 5. The molecule has 0 aromatic heterocycles. The van der Waals surface area contributed by atoms with E-state index in [0.29, 0.717) is 0 Å². The lowest BCUT2D eigenvalue weighted by Gasteiger charge is -2.28. The van der Waals surface area contributed by atoms with Gasteiger partial charge in [0.2, 0.25) is 0 Å². The van der Waals surface area contributed by atoms with Gasteiger partial charge in [-0.05, 0) is 11.6 Å². The van der Waals surface area contributed by atoms with E-state index in [2.05, 4.69) is 34.7 Å². The van der Waals surface area contributed by atoms with Gasteiger partial charge in [0.25, 0.3) is 0 Å². The number of aliphatic imine (C=N–C) groups is 1. The largest absolute Gasteiger partial charge is 0.490 e. The van der Waals surface area contributed by atoms with E-state index < -0.39 is 55.2 Å². The van der Waals surface area contributed by atoms with E-state index >= 15 is 0 Å². The van der Waals surface area contributed by atoms with Crippen LogP contribution in [0.4, 0.5) is 0 Å². The van der Waals surface area contributed by atoms with Gasteiger partial charge in [0.15, 0.2) is 0 Å². The second-order valence-electron chi connectivity index (χ2n) is 5.99. The van der Waals surface area contributed by atoms with Crippen molar-refractivity contribution < 1.29 is 55.9 Å². The Hall–Kier alpha value is -1.61. The number of amidine groups is 1. The van der Waals surface area contributed by atoms with Crippen LogP contribution in [0.25, 0.3) is 10.4 Å². The molecule has 0 saturated carbocycles. The minimum Gasteiger partial charge on any atom is -0.384 e. The highest BCUT2D eigenvalue weighted by Crippen LogP contribution is 2.66. The third-order valence-corrected chi connectivity index (χ3v) is 7.48. The standard InChI is InChI=1S/C11H19N6O12P3/c1-7-15-10(12)2-3-17(7)11-4-8(25-6-14-16-13)9(27-11)5-26-31(21,22)29-32(23,24)28-30(18,19)20/h2-3,8-9,11H,1,4-6H2,(H2,12,15)(H,21,22)(H,23,24)(H2,18,19,20). The molecule has 2 aliphatic rings. The van der Waals surface area contributed by atoms with Crippen LogP contribution in [0.1, 0.15) is 6.42 Å². The molecule has 0 bridgehead atoms. The lowest BCUT2D eigenvalue weighted by Crippen LogP contribution is -2.33. The summed E-state index contributed by atoms with van der Waals surface area (Å²) in [7, 11) is -16.6. The maximum Gasteiger partial charge on any atom is 0.490 e. The molecule has 0 spiro atoms. The van der Waals surface area contributed by atoms with E-state index in [4.69, 9.17) is 30.5 Å². The molecule has 0 aromatic carbocycles. The zero-order chi connectivity index (χ0) is 24.2. The highest BCUT2D eigenvalue weighted by atomic mass is 31.3. The minimum absolute atomic E-state index is 0.115. The van der Waals surface area contributed by atoms with Crippen molar-refractivity contribution >= 4 is 29.3 Å². The minimum atomic E-state index is -5.67. The lowest BCUT2D eigenvalue weighted by atomic mass is 10.2. The molecule has 21 heteroatoms. The summed E-state index contributed by atoms with van der Waals surface area (Å²) in [4.78, 5) is 43.9. The van der Waals surface area contributed by atoms with Crippen LogP contribution in [-0.2, 0) is 36.3 Å². The molecule has 1 saturated heterocycles. The highest BCUT2D eigenvalue weighted by molar-refractivity contribution is 7.66. The van der Waals surface area contributed by atoms with Crippen molar-refractivity contribution in [3.63, 3.8) is 0 Å². The average Bonchev–Trinajstić information content (AvgIpc) is 3.00. The number of phosphoric ester groups is 1. The first-order chi connectivity index (χ1) is 14.7. The molecule has 0 aliphatic carbocycles. The molecular weight excluding hydrogens is 501 g/mol. The molecule has 6 N–H and O–H groups in total. The van der Waals surface area contributed by atoms with Crippen LogP contribution in [0.5, 0.6) is 0 Å². The Morgan fingerprint density at radius 1 is 1.31 bits per heavy atom. The van der Waals surface area contributed by atoms with Gasteiger partial charge >= 0.3 is 23.5 Å². The summed E-state index contributed by atoms with van der Waals surface area (Å²) in [5.74, 6) is 0.418. The summed E-state index contributed by atoms with van der Waals surface area (Å²) in [5.41, 5.74) is 14.0. The Morgan fingerprint density at radius 3 is 2.59 bits per heavy atom. The van der Waals surface area contributed by atoms with Crippen molar-refractivity contribution in [2.24, 2.45) is 15.8 Å². The van der Waals surface area contributed by atoms with E-state index in [9.17, 15) is 23.5 Å². The van der Waals surface area contributed by atoms with Crippen LogP contribution in [-0.4, -0.2) is 62.1 Å². The van der Waals surface area contributed by atoms with Gasteiger partial charge in [-0.3, -0.25) is 4.52 Å². The second kappa shape index (κ2) is 10.5. The smallest absolute Gasteiger partial charge is 0.384 e. The van der Waals surface area contributed by atoms with E-state index in [0.717, 1.165) is 0 Å². The Balaban J connectivity index is 2.06. The fraction of sp³-hybridized carbons (Fsp3) is 0.545. The van der Waals surface area contributed by atoms with Gasteiger partial charge in [0, 0.05) is 17.5 Å². The molecule has 5 atom stereocenters. The molecule has 180 valence electrons. The van der Waals surface area contributed by atoms with Crippen LogP contribution < -0.4 is 5.73 Å². The summed E-state index contributed by atoms with van der Waals surface area (Å²) < 4.78 is 56.9. The predicted octanol–water partition coefficient (Wildman–Crippen LogP) is 0.755. The van der Waals surface area contributed by atoms with Gasteiger partial charge in [-0.2, -0.15) is 8.62 Å². The normalized spacial score (nSPS) is 27.4. The molecule has 0 aromatic rings. The molecule has 1 fully saturated rings. The highest BCUT2D eigenvalue weighted by Gasteiger charge is 2.44. The summed E-state index contributed by atoms with van der Waals surface area (Å²) >= 11 is 0. The van der Waals surface area contributed by atoms with Gasteiger partial charge < -0.3 is 39.7 Å². The maximum absolute atomic E-state index is 11.9. The van der Waals surface area contributed by atoms with Crippen LogP contribution in [0.3, 0.4) is 0 Å². The summed E-state index contributed by atoms with van der Waals surface area (Å²) in [6, 6.07) is 0. The zero-order valence-corrected chi connectivity index (χ0v) is 18.6. The number of rotatable bonds is 11. The third-order valence-electron chi connectivity index (χ3n) is 3.68. The number of nitrogens with two attached hydrogens (primary N) is 1. The zero-order valence-electron chi connectivity index (χ0n) is 15.9. The van der Waals surface area contributed by atoms with Gasteiger partial charge in [0.1, 0.15) is 30.7 Å². The van der Waals surface area contributed by atoms with Crippen LogP contribution in [0.2, 0.25) is 0 Å². The predicted molar refractivity (Wildman–Crippen MR) is 104 cm³/mol. The molecule has 0 radical (unpaired) electrons. The van der Waals surface area contributed by atoms with Crippen molar-refractivity contribution in [3.05, 3.63) is 35.1 Å². The summed E-state index contributed by atoms with van der Waals surface area (Å²) in [5, 5.41) is 3.21. The first-order valence-electron chi connectivity index (χ1n) is 8.27. The van der Waals surface area contributed by atoms with Gasteiger partial charge in [-0.15, -0.1) is 0 Å². The van der Waals surface area contributed by atoms with E-state index in [1.165, 1.54) is 17.2 Å². The SMILES string of the molecule is C=C1N=C(N)C=CN1C1CC(OCN=[N+]=[N-])C(COP(=O)(O)OP(=O)(O)OP(=O)(O)O)O1. The van der Waals surface area contributed by atoms with Crippen LogP contribution >= 0.6 is 23.5 Å². The van der Waals surface area contributed by atoms with E-state index in [-0.39, 0.29) is 18.1 Å². The van der Waals surface area contributed by atoms with Crippen molar-refractivity contribution in [1.82, 2.24) is 4.90 Å². The first-order valence-corrected chi connectivity index (χ1v) is 12.8. The van der Waals surface area contributed by atoms with Crippen molar-refractivity contribution in [1.29, 1.82) is 0 Å². The molecular formula is C11H19N6O12P3. The van der Waals surface area contributed by atoms with Crippen molar-refractivity contribution in [2.75, 3.05) is 13.3 Å². The first kappa shape index (κ1) is 26.6. The third kappa shape index (κ3) is 8.39. The van der Waals surface area contributed by atoms with Gasteiger partial charge in [-0.25, -0.2) is 18.7 Å². The molecule has 32 heavy (non-hydrogen) atoms. The quantitative estimate of drug-likeness (QED) is 0.109. The Bertz CT molecular complexity index is 976. The van der Waals surface area contributed by atoms with Crippen molar-refractivity contribution in [3.8, 4) is 0 Å². The molecule has 2 heterocycles. The van der Waals surface area contributed by atoms with Crippen LogP contribution in [0, 0.1) is 0 Å². The second-order valence-corrected chi connectivity index (χ2v) is 10.4. The molecule has 5 unspecified atom stereocenters. The number of phosphoric acid groups is 3. The molecule has 2 aliphatic heterocycles. The maximum atomic E-state index is 11.9. The summed E-state index contributed by atoms with van der Waals surface area (Å²) in [6.07, 6.45) is 0.383. The average molecular weight is 520 g/mol. The van der Waals surface area contributed by atoms with E-state index in [1.807, 2.05) is 0 Å². The monoisotopic (exact) mass is 520 g/mol. The fourth-order valence-electron chi connectivity index (χ4n) is 2.57. The number of hydrogen-bond acceptors (Lipinski definition) is 12. The van der Waals surface area contributed by atoms with Crippen molar-refractivity contribution in [2.45, 2.75) is 24.9 Å². The number of nitrogens with zero attached hydrogens (tertiary/aromatic N) is 5. The number of ether oxygens (including phenoxy) is 2. The summed E-state index contributed by atoms with van der Waals surface area (Å²) in [6.45, 7) is 2.55. The molecule has 0 amide bonds. The molecule has 2 rings (SSSR count). The lowest BCUT2D eigenvalue weighted by molar-refractivity contribution is -0.0672. The Morgan fingerprint density at radius 2 is 2.00 bits per heavy atom. The Labute approximate surface area is 180 Å². The topological polar surface area (TPSA) is 269 Å². The Kier molecular flexibility index (Phi) is 8.78. The van der Waals surface area contributed by atoms with E-state index in [1.54, 1.807) is 0 Å².